The van der Waals surface area contributed by atoms with Gasteiger partial charge in [0.05, 0.1) is 0 Å². The Labute approximate surface area is 106 Å². The summed E-state index contributed by atoms with van der Waals surface area (Å²) in [6.45, 7) is 8.94. The van der Waals surface area contributed by atoms with Crippen LogP contribution in [0.1, 0.15) is 39.7 Å². The molecule has 0 spiro atoms. The minimum absolute atomic E-state index is 0.744. The molecule has 0 bridgehead atoms. The summed E-state index contributed by atoms with van der Waals surface area (Å²) in [6.07, 6.45) is 6.83. The normalized spacial score (nSPS) is 13.2. The third kappa shape index (κ3) is 6.11. The maximum atomic E-state index is 2.31. The van der Waals surface area contributed by atoms with Gasteiger partial charge in [-0.25, -0.2) is 0 Å². The molecular weight excluding hydrogens is 204 g/mol. The van der Waals surface area contributed by atoms with E-state index in [0.29, 0.717) is 0 Å². The van der Waals surface area contributed by atoms with Crippen LogP contribution in [0.4, 0.5) is 0 Å². The number of hydrogen-bond donors (Lipinski definition) is 0. The molecule has 92 valence electrons. The van der Waals surface area contributed by atoms with E-state index in [-0.39, 0.29) is 0 Å². The van der Waals surface area contributed by atoms with Gasteiger partial charge < -0.3 is 0 Å². The predicted molar refractivity (Wildman–Crippen MR) is 77.1 cm³/mol. The van der Waals surface area contributed by atoms with E-state index in [1.54, 1.807) is 0 Å². The van der Waals surface area contributed by atoms with Gasteiger partial charge in [0.15, 0.2) is 0 Å². The molecule has 0 heteroatoms. The summed E-state index contributed by atoms with van der Waals surface area (Å²) in [6, 6.07) is 10.6. The zero-order valence-corrected chi connectivity index (χ0v) is 11.5. The van der Waals surface area contributed by atoms with Crippen molar-refractivity contribution in [1.29, 1.82) is 0 Å². The lowest BCUT2D eigenvalue weighted by Gasteiger charge is -2.05. The molecule has 0 fully saturated rings. The Morgan fingerprint density at radius 3 is 2.35 bits per heavy atom. The van der Waals surface area contributed by atoms with Crippen LogP contribution in [0.3, 0.4) is 0 Å². The molecule has 0 atom stereocenters. The summed E-state index contributed by atoms with van der Waals surface area (Å²) in [5.74, 6) is 0.744. The molecule has 0 saturated carbocycles. The fourth-order valence-corrected chi connectivity index (χ4v) is 2.04. The quantitative estimate of drug-likeness (QED) is 0.610. The maximum Gasteiger partial charge on any atom is -0.00917 e. The second-order valence-electron chi connectivity index (χ2n) is 5.23. The molecule has 0 nitrogen and oxygen atoms in total. The van der Waals surface area contributed by atoms with Crippen molar-refractivity contribution in [2.24, 2.45) is 5.92 Å². The molecule has 0 amide bonds. The van der Waals surface area contributed by atoms with Crippen LogP contribution in [-0.2, 0) is 6.42 Å². The van der Waals surface area contributed by atoms with Crippen LogP contribution in [0.15, 0.2) is 53.6 Å². The Bertz CT molecular complexity index is 380. The highest BCUT2D eigenvalue weighted by Crippen LogP contribution is 2.13. The van der Waals surface area contributed by atoms with Crippen molar-refractivity contribution in [3.05, 3.63) is 59.2 Å². The van der Waals surface area contributed by atoms with Crippen LogP contribution >= 0.6 is 0 Å². The van der Waals surface area contributed by atoms with Gasteiger partial charge in [-0.05, 0) is 38.2 Å². The molecule has 1 aromatic carbocycles. The van der Waals surface area contributed by atoms with Crippen LogP contribution in [0.5, 0.6) is 0 Å². The minimum atomic E-state index is 0.744. The zero-order valence-electron chi connectivity index (χ0n) is 11.5. The standard InChI is InChI=1S/C17H24/c1-14(2)12-16(4)13-15(3)10-11-17-8-6-5-7-9-17/h5-10,13-14H,11-12H2,1-4H3/b15-10+,16-13+. The summed E-state index contributed by atoms with van der Waals surface area (Å²) in [4.78, 5) is 0. The van der Waals surface area contributed by atoms with E-state index in [1.165, 1.54) is 23.1 Å². The Hall–Kier alpha value is -1.30. The average molecular weight is 228 g/mol. The summed E-state index contributed by atoms with van der Waals surface area (Å²) < 4.78 is 0. The second-order valence-corrected chi connectivity index (χ2v) is 5.23. The van der Waals surface area contributed by atoms with Crippen LogP contribution in [-0.4, -0.2) is 0 Å². The Balaban J connectivity index is 2.55. The molecule has 1 aromatic rings. The Morgan fingerprint density at radius 1 is 1.12 bits per heavy atom. The summed E-state index contributed by atoms with van der Waals surface area (Å²) in [7, 11) is 0. The lowest BCUT2D eigenvalue weighted by atomic mass is 10.0. The van der Waals surface area contributed by atoms with Crippen LogP contribution < -0.4 is 0 Å². The van der Waals surface area contributed by atoms with E-state index in [2.05, 4.69) is 70.2 Å². The molecule has 0 unspecified atom stereocenters. The first-order valence-electron chi connectivity index (χ1n) is 6.46. The highest BCUT2D eigenvalue weighted by Gasteiger charge is 1.96. The molecule has 0 radical (unpaired) electrons. The van der Waals surface area contributed by atoms with Gasteiger partial charge in [-0.15, -0.1) is 0 Å². The summed E-state index contributed by atoms with van der Waals surface area (Å²) in [5, 5.41) is 0. The molecule has 1 rings (SSSR count). The van der Waals surface area contributed by atoms with Gasteiger partial charge in [0.2, 0.25) is 0 Å². The van der Waals surface area contributed by atoms with E-state index < -0.39 is 0 Å². The van der Waals surface area contributed by atoms with E-state index in [0.717, 1.165) is 12.3 Å². The predicted octanol–water partition coefficient (Wildman–Crippen LogP) is 5.17. The van der Waals surface area contributed by atoms with Gasteiger partial charge >= 0.3 is 0 Å². The Morgan fingerprint density at radius 2 is 1.76 bits per heavy atom. The monoisotopic (exact) mass is 228 g/mol. The van der Waals surface area contributed by atoms with Crippen LogP contribution in [0, 0.1) is 5.92 Å². The van der Waals surface area contributed by atoms with E-state index in [1.807, 2.05) is 0 Å². The van der Waals surface area contributed by atoms with Crippen molar-refractivity contribution in [2.75, 3.05) is 0 Å². The van der Waals surface area contributed by atoms with Crippen molar-refractivity contribution < 1.29 is 0 Å². The van der Waals surface area contributed by atoms with E-state index in [9.17, 15) is 0 Å². The van der Waals surface area contributed by atoms with Gasteiger partial charge in [-0.3, -0.25) is 0 Å². The average Bonchev–Trinajstić information content (AvgIpc) is 2.26. The minimum Gasteiger partial charge on any atom is -0.0772 e. The number of benzene rings is 1. The lowest BCUT2D eigenvalue weighted by Crippen LogP contribution is -1.88. The van der Waals surface area contributed by atoms with Crippen molar-refractivity contribution in [3.8, 4) is 0 Å². The molecule has 17 heavy (non-hydrogen) atoms. The second kappa shape index (κ2) is 7.11. The zero-order chi connectivity index (χ0) is 12.7. The highest BCUT2D eigenvalue weighted by molar-refractivity contribution is 5.25. The molecule has 0 heterocycles. The molecule has 0 aliphatic carbocycles. The third-order valence-electron chi connectivity index (χ3n) is 2.71. The SMILES string of the molecule is CC(=C\Cc1ccccc1)/C=C(\C)CC(C)C. The fourth-order valence-electron chi connectivity index (χ4n) is 2.04. The molecular formula is C17H24. The molecule has 0 aliphatic heterocycles. The van der Waals surface area contributed by atoms with E-state index >= 15 is 0 Å². The lowest BCUT2D eigenvalue weighted by molar-refractivity contribution is 0.642. The number of allylic oxidation sites excluding steroid dienone is 4. The van der Waals surface area contributed by atoms with Crippen molar-refractivity contribution in [1.82, 2.24) is 0 Å². The largest absolute Gasteiger partial charge is 0.0772 e. The maximum absolute atomic E-state index is 2.31. The number of rotatable bonds is 5. The Kier molecular flexibility index (Phi) is 5.76. The molecule has 0 aliphatic rings. The van der Waals surface area contributed by atoms with E-state index in [4.69, 9.17) is 0 Å². The third-order valence-corrected chi connectivity index (χ3v) is 2.71. The van der Waals surface area contributed by atoms with Gasteiger partial charge in [-0.1, -0.05) is 67.5 Å². The van der Waals surface area contributed by atoms with Gasteiger partial charge in [0, 0.05) is 0 Å². The molecule has 0 N–H and O–H groups in total. The number of hydrogen-bond acceptors (Lipinski definition) is 0. The fraction of sp³-hybridized carbons (Fsp3) is 0.412. The van der Waals surface area contributed by atoms with Crippen molar-refractivity contribution >= 4 is 0 Å². The van der Waals surface area contributed by atoms with Crippen molar-refractivity contribution in [3.63, 3.8) is 0 Å². The van der Waals surface area contributed by atoms with Gasteiger partial charge in [0.25, 0.3) is 0 Å². The van der Waals surface area contributed by atoms with Gasteiger partial charge in [-0.2, -0.15) is 0 Å². The van der Waals surface area contributed by atoms with Crippen LogP contribution in [0.25, 0.3) is 0 Å². The first-order valence-corrected chi connectivity index (χ1v) is 6.46. The summed E-state index contributed by atoms with van der Waals surface area (Å²) >= 11 is 0. The van der Waals surface area contributed by atoms with Gasteiger partial charge in [0.1, 0.15) is 0 Å². The highest BCUT2D eigenvalue weighted by atomic mass is 14.0. The summed E-state index contributed by atoms with van der Waals surface area (Å²) in [5.41, 5.74) is 4.22. The van der Waals surface area contributed by atoms with Crippen molar-refractivity contribution in [2.45, 2.75) is 40.5 Å². The first kappa shape index (κ1) is 13.8. The first-order chi connectivity index (χ1) is 8.08. The topological polar surface area (TPSA) is 0 Å². The smallest absolute Gasteiger partial charge is 0.00917 e. The van der Waals surface area contributed by atoms with Crippen LogP contribution in [0.2, 0.25) is 0 Å². The molecule has 0 aromatic heterocycles. The molecule has 0 saturated heterocycles.